The number of piperazine rings is 1. The van der Waals surface area contributed by atoms with Crippen LogP contribution >= 0.6 is 0 Å². The third-order valence-electron chi connectivity index (χ3n) is 5.55. The van der Waals surface area contributed by atoms with Crippen LogP contribution in [-0.2, 0) is 0 Å². The first-order chi connectivity index (χ1) is 15.5. The highest BCUT2D eigenvalue weighted by atomic mass is 16.5. The van der Waals surface area contributed by atoms with Crippen LogP contribution in [0.25, 0.3) is 16.6 Å². The summed E-state index contributed by atoms with van der Waals surface area (Å²) in [6.45, 7) is 6.03. The van der Waals surface area contributed by atoms with E-state index >= 15 is 0 Å². The van der Waals surface area contributed by atoms with Gasteiger partial charge in [-0.3, -0.25) is 4.79 Å². The van der Waals surface area contributed by atoms with Gasteiger partial charge < -0.3 is 20.3 Å². The van der Waals surface area contributed by atoms with E-state index in [2.05, 4.69) is 49.4 Å². The van der Waals surface area contributed by atoms with E-state index in [1.165, 1.54) is 7.11 Å². The molecule has 2 N–H and O–H groups in total. The fourth-order valence-electron chi connectivity index (χ4n) is 4.27. The molecule has 0 saturated carbocycles. The minimum atomic E-state index is -0.309. The lowest BCUT2D eigenvalue weighted by molar-refractivity contribution is 0.102. The highest BCUT2D eigenvalue weighted by Crippen LogP contribution is 2.31. The normalized spacial score (nSPS) is 18.8. The molecule has 1 fully saturated rings. The molecule has 5 rings (SSSR count). The quantitative estimate of drug-likeness (QED) is 0.505. The number of hydrogen-bond donors (Lipinski definition) is 2. The maximum Gasteiger partial charge on any atom is 0.316 e. The number of rotatable bonds is 4. The van der Waals surface area contributed by atoms with E-state index in [0.29, 0.717) is 34.6 Å². The van der Waals surface area contributed by atoms with Gasteiger partial charge in [0.25, 0.3) is 5.91 Å². The molecule has 4 heterocycles. The van der Waals surface area contributed by atoms with Crippen molar-refractivity contribution >= 4 is 34.0 Å². The number of nitrogens with one attached hydrogen (secondary N) is 2. The molecule has 1 amide bonds. The predicted octanol–water partition coefficient (Wildman–Crippen LogP) is 2.12. The summed E-state index contributed by atoms with van der Waals surface area (Å²) in [6.07, 6.45) is 4.94. The molecule has 2 unspecified atom stereocenters. The highest BCUT2D eigenvalue weighted by molar-refractivity contribution is 6.13. The van der Waals surface area contributed by atoms with Crippen LogP contribution in [0.1, 0.15) is 24.2 Å². The Labute approximate surface area is 184 Å². The predicted molar refractivity (Wildman–Crippen MR) is 121 cm³/mol. The number of methoxy groups -OCH3 is 1. The van der Waals surface area contributed by atoms with Crippen molar-refractivity contribution in [2.24, 2.45) is 0 Å². The largest absolute Gasteiger partial charge is 0.467 e. The third kappa shape index (κ3) is 3.58. The van der Waals surface area contributed by atoms with Crippen molar-refractivity contribution in [1.82, 2.24) is 29.9 Å². The molecule has 0 bridgehead atoms. The van der Waals surface area contributed by atoms with Gasteiger partial charge in [0.05, 0.1) is 24.4 Å². The Balaban J connectivity index is 1.56. The van der Waals surface area contributed by atoms with Crippen LogP contribution in [0.5, 0.6) is 6.01 Å². The van der Waals surface area contributed by atoms with Crippen molar-refractivity contribution in [1.29, 1.82) is 0 Å². The van der Waals surface area contributed by atoms with Crippen molar-refractivity contribution in [3.05, 3.63) is 48.4 Å². The number of imidazole rings is 1. The van der Waals surface area contributed by atoms with Crippen LogP contribution in [0.3, 0.4) is 0 Å². The SMILES string of the molecule is COc1ncc2c(N3CC(C)NC(C)C3)ccc(C(=O)Nc3cnc4cccnn34)c2n1. The second kappa shape index (κ2) is 8.04. The molecule has 164 valence electrons. The molecule has 32 heavy (non-hydrogen) atoms. The lowest BCUT2D eigenvalue weighted by Crippen LogP contribution is -2.54. The van der Waals surface area contributed by atoms with Crippen molar-refractivity contribution in [2.75, 3.05) is 30.4 Å². The first kappa shape index (κ1) is 20.1. The van der Waals surface area contributed by atoms with Crippen LogP contribution in [0, 0.1) is 0 Å². The Bertz CT molecular complexity index is 1290. The molecule has 1 aliphatic heterocycles. The zero-order valence-electron chi connectivity index (χ0n) is 18.1. The standard InChI is InChI=1S/C22H24N8O2/c1-13-11-29(12-14(2)26-13)17-7-6-15(20-16(17)9-24-22(28-20)32-3)21(31)27-19-10-23-18-5-4-8-25-30(18)19/h4-10,13-14,26H,11-12H2,1-3H3,(H,27,31). The Hall–Kier alpha value is -3.79. The first-order valence-corrected chi connectivity index (χ1v) is 10.5. The molecule has 0 aliphatic carbocycles. The minimum absolute atomic E-state index is 0.210. The fourth-order valence-corrected chi connectivity index (χ4v) is 4.27. The molecule has 4 aromatic rings. The molecular formula is C22H24N8O2. The van der Waals surface area contributed by atoms with E-state index in [4.69, 9.17) is 4.74 Å². The number of ether oxygens (including phenoxy) is 1. The van der Waals surface area contributed by atoms with Crippen LogP contribution in [-0.4, -0.2) is 62.8 Å². The van der Waals surface area contributed by atoms with Crippen LogP contribution in [0.15, 0.2) is 42.9 Å². The number of benzene rings is 1. The van der Waals surface area contributed by atoms with Gasteiger partial charge in [-0.1, -0.05) is 0 Å². The van der Waals surface area contributed by atoms with Crippen LogP contribution in [0.4, 0.5) is 11.5 Å². The maximum atomic E-state index is 13.3. The van der Waals surface area contributed by atoms with Crippen LogP contribution in [0.2, 0.25) is 0 Å². The number of nitrogens with zero attached hydrogens (tertiary/aromatic N) is 6. The first-order valence-electron chi connectivity index (χ1n) is 10.5. The number of fused-ring (bicyclic) bond motifs is 2. The van der Waals surface area contributed by atoms with Gasteiger partial charge in [0.2, 0.25) is 0 Å². The van der Waals surface area contributed by atoms with Gasteiger partial charge in [0.1, 0.15) is 0 Å². The third-order valence-corrected chi connectivity index (χ3v) is 5.55. The van der Waals surface area contributed by atoms with Crippen LogP contribution < -0.4 is 20.3 Å². The number of anilines is 2. The zero-order chi connectivity index (χ0) is 22.2. The maximum absolute atomic E-state index is 13.3. The summed E-state index contributed by atoms with van der Waals surface area (Å²) in [5, 5.41) is 11.5. The van der Waals surface area contributed by atoms with Gasteiger partial charge in [-0.15, -0.1) is 0 Å². The molecule has 1 aliphatic rings. The fraction of sp³-hybridized carbons (Fsp3) is 0.318. The monoisotopic (exact) mass is 432 g/mol. The zero-order valence-corrected chi connectivity index (χ0v) is 18.1. The van der Waals surface area contributed by atoms with Gasteiger partial charge in [0, 0.05) is 48.6 Å². The van der Waals surface area contributed by atoms with E-state index in [9.17, 15) is 4.79 Å². The molecule has 1 saturated heterocycles. The summed E-state index contributed by atoms with van der Waals surface area (Å²) < 4.78 is 6.82. The topological polar surface area (TPSA) is 110 Å². The van der Waals surface area contributed by atoms with E-state index in [1.807, 2.05) is 12.1 Å². The van der Waals surface area contributed by atoms with Crippen molar-refractivity contribution < 1.29 is 9.53 Å². The summed E-state index contributed by atoms with van der Waals surface area (Å²) in [5.41, 5.74) is 2.60. The van der Waals surface area contributed by atoms with Gasteiger partial charge >= 0.3 is 6.01 Å². The van der Waals surface area contributed by atoms with E-state index < -0.39 is 0 Å². The lowest BCUT2D eigenvalue weighted by Gasteiger charge is -2.38. The smallest absolute Gasteiger partial charge is 0.316 e. The molecule has 10 nitrogen and oxygen atoms in total. The Morgan fingerprint density at radius 3 is 2.75 bits per heavy atom. The molecular weight excluding hydrogens is 408 g/mol. The summed E-state index contributed by atoms with van der Waals surface area (Å²) in [6, 6.07) is 8.28. The average Bonchev–Trinajstić information content (AvgIpc) is 3.20. The number of carbonyl (C=O) groups is 1. The van der Waals surface area contributed by atoms with Crippen molar-refractivity contribution in [3.8, 4) is 6.01 Å². The summed E-state index contributed by atoms with van der Waals surface area (Å²) in [5.74, 6) is 0.172. The molecule has 3 aromatic heterocycles. The molecule has 0 spiro atoms. The molecule has 0 radical (unpaired) electrons. The van der Waals surface area contributed by atoms with E-state index in [1.54, 1.807) is 35.2 Å². The molecule has 1 aromatic carbocycles. The second-order valence-corrected chi connectivity index (χ2v) is 8.02. The van der Waals surface area contributed by atoms with Gasteiger partial charge in [-0.2, -0.15) is 14.6 Å². The summed E-state index contributed by atoms with van der Waals surface area (Å²) >= 11 is 0. The number of aromatic nitrogens is 5. The van der Waals surface area contributed by atoms with Gasteiger partial charge in [0.15, 0.2) is 11.5 Å². The second-order valence-electron chi connectivity index (χ2n) is 8.02. The van der Waals surface area contributed by atoms with Crippen molar-refractivity contribution in [2.45, 2.75) is 25.9 Å². The van der Waals surface area contributed by atoms with E-state index in [-0.39, 0.29) is 11.9 Å². The molecule has 2 atom stereocenters. The Kier molecular flexibility index (Phi) is 5.06. The van der Waals surface area contributed by atoms with Crippen molar-refractivity contribution in [3.63, 3.8) is 0 Å². The molecule has 10 heteroatoms. The summed E-state index contributed by atoms with van der Waals surface area (Å²) in [4.78, 5) is 28.7. The average molecular weight is 432 g/mol. The number of carbonyl (C=O) groups excluding carboxylic acids is 1. The number of amides is 1. The number of hydrogen-bond acceptors (Lipinski definition) is 8. The summed E-state index contributed by atoms with van der Waals surface area (Å²) in [7, 11) is 1.51. The lowest BCUT2D eigenvalue weighted by atomic mass is 10.0. The Morgan fingerprint density at radius 2 is 1.97 bits per heavy atom. The highest BCUT2D eigenvalue weighted by Gasteiger charge is 2.25. The van der Waals surface area contributed by atoms with E-state index in [0.717, 1.165) is 24.2 Å². The minimum Gasteiger partial charge on any atom is -0.467 e. The Morgan fingerprint density at radius 1 is 1.16 bits per heavy atom. The van der Waals surface area contributed by atoms with Gasteiger partial charge in [-0.05, 0) is 38.1 Å². The van der Waals surface area contributed by atoms with Gasteiger partial charge in [-0.25, -0.2) is 9.97 Å².